The number of rotatable bonds is 4. The predicted octanol–water partition coefficient (Wildman–Crippen LogP) is 6.29. The molecule has 0 spiro atoms. The first-order valence-electron chi connectivity index (χ1n) is 9.44. The van der Waals surface area contributed by atoms with Crippen molar-refractivity contribution in [2.45, 2.75) is 23.8 Å². The maximum absolute atomic E-state index is 13.2. The Balaban J connectivity index is 1.65. The van der Waals surface area contributed by atoms with E-state index in [2.05, 4.69) is 21.2 Å². The van der Waals surface area contributed by atoms with E-state index in [1.807, 2.05) is 44.2 Å². The lowest BCUT2D eigenvalue weighted by Crippen LogP contribution is -2.54. The highest BCUT2D eigenvalue weighted by Gasteiger charge is 2.35. The predicted molar refractivity (Wildman–Crippen MR) is 134 cm³/mol. The standard InChI is InChI=1S/C23H16BrClN2O3S2/c1-12-3-8-19(13(2)9-12)27-21(29)17(20(28)26-23(27)31)10-15-11-18(24)22(30-15)32-16-6-4-14(25)5-7-16/h3-11H,1-2H3,(H,26,28,31)/b17-10+. The summed E-state index contributed by atoms with van der Waals surface area (Å²) in [5, 5.41) is 3.87. The van der Waals surface area contributed by atoms with Crippen LogP contribution >= 0.6 is 51.5 Å². The van der Waals surface area contributed by atoms with Gasteiger partial charge in [0.2, 0.25) is 0 Å². The summed E-state index contributed by atoms with van der Waals surface area (Å²) in [6, 6.07) is 14.7. The molecule has 0 radical (unpaired) electrons. The molecule has 2 aromatic carbocycles. The number of nitrogens with one attached hydrogen (secondary N) is 1. The van der Waals surface area contributed by atoms with E-state index in [9.17, 15) is 9.59 Å². The fourth-order valence-corrected chi connectivity index (χ4v) is 4.92. The largest absolute Gasteiger partial charge is 0.449 e. The first-order valence-corrected chi connectivity index (χ1v) is 11.8. The van der Waals surface area contributed by atoms with Crippen molar-refractivity contribution in [1.82, 2.24) is 5.32 Å². The van der Waals surface area contributed by atoms with E-state index in [-0.39, 0.29) is 10.7 Å². The van der Waals surface area contributed by atoms with Crippen LogP contribution in [-0.2, 0) is 9.59 Å². The first-order chi connectivity index (χ1) is 15.2. The van der Waals surface area contributed by atoms with Crippen molar-refractivity contribution < 1.29 is 14.0 Å². The van der Waals surface area contributed by atoms with E-state index in [1.165, 1.54) is 22.7 Å². The van der Waals surface area contributed by atoms with Crippen LogP contribution in [-0.4, -0.2) is 16.9 Å². The van der Waals surface area contributed by atoms with E-state index in [0.717, 1.165) is 16.0 Å². The Hall–Kier alpha value is -2.39. The van der Waals surface area contributed by atoms with Crippen LogP contribution < -0.4 is 10.2 Å². The van der Waals surface area contributed by atoms with E-state index < -0.39 is 11.8 Å². The molecule has 1 aromatic heterocycles. The molecule has 9 heteroatoms. The highest BCUT2D eigenvalue weighted by atomic mass is 79.9. The SMILES string of the molecule is Cc1ccc(N2C(=O)/C(=C/c3cc(Br)c(Sc4ccc(Cl)cc4)o3)C(=O)NC2=S)c(C)c1. The number of carbonyl (C=O) groups is 2. The Labute approximate surface area is 207 Å². The van der Waals surface area contributed by atoms with Gasteiger partial charge < -0.3 is 4.42 Å². The van der Waals surface area contributed by atoms with Crippen molar-refractivity contribution in [2.75, 3.05) is 4.90 Å². The smallest absolute Gasteiger partial charge is 0.270 e. The molecule has 5 nitrogen and oxygen atoms in total. The molecule has 0 unspecified atom stereocenters. The summed E-state index contributed by atoms with van der Waals surface area (Å²) >= 11 is 16.1. The molecule has 0 saturated carbocycles. The summed E-state index contributed by atoms with van der Waals surface area (Å²) in [5.41, 5.74) is 2.49. The summed E-state index contributed by atoms with van der Waals surface area (Å²) in [6.07, 6.45) is 1.42. The molecule has 162 valence electrons. The van der Waals surface area contributed by atoms with E-state index >= 15 is 0 Å². The minimum atomic E-state index is -0.569. The Bertz CT molecular complexity index is 1280. The average molecular weight is 548 g/mol. The third-order valence-corrected chi connectivity index (χ3v) is 7.06. The van der Waals surface area contributed by atoms with Crippen LogP contribution in [0.25, 0.3) is 6.08 Å². The lowest BCUT2D eigenvalue weighted by Gasteiger charge is -2.30. The van der Waals surface area contributed by atoms with Crippen LogP contribution in [0.5, 0.6) is 0 Å². The number of halogens is 2. The molecule has 1 aliphatic rings. The molecule has 1 N–H and O–H groups in total. The average Bonchev–Trinajstić information content (AvgIpc) is 3.07. The number of aryl methyl sites for hydroxylation is 2. The van der Waals surface area contributed by atoms with Crippen LogP contribution in [0.3, 0.4) is 0 Å². The van der Waals surface area contributed by atoms with Crippen LogP contribution in [0.4, 0.5) is 5.69 Å². The summed E-state index contributed by atoms with van der Waals surface area (Å²) in [5.74, 6) is -0.717. The van der Waals surface area contributed by atoms with Gasteiger partial charge in [-0.1, -0.05) is 41.1 Å². The zero-order valence-corrected chi connectivity index (χ0v) is 20.9. The van der Waals surface area contributed by atoms with Gasteiger partial charge in [0.25, 0.3) is 11.8 Å². The molecule has 1 aliphatic heterocycles. The third-order valence-electron chi connectivity index (χ3n) is 4.68. The maximum Gasteiger partial charge on any atom is 0.270 e. The summed E-state index contributed by atoms with van der Waals surface area (Å²) in [4.78, 5) is 28.1. The molecule has 32 heavy (non-hydrogen) atoms. The molecular weight excluding hydrogens is 532 g/mol. The van der Waals surface area contributed by atoms with Gasteiger partial charge in [-0.05, 0) is 90.0 Å². The van der Waals surface area contributed by atoms with Crippen molar-refractivity contribution in [1.29, 1.82) is 0 Å². The number of nitrogens with zero attached hydrogens (tertiary/aromatic N) is 1. The molecule has 1 fully saturated rings. The van der Waals surface area contributed by atoms with Crippen LogP contribution in [0, 0.1) is 13.8 Å². The van der Waals surface area contributed by atoms with Crippen molar-refractivity contribution in [2.24, 2.45) is 0 Å². The first kappa shape index (κ1) is 22.8. The Kier molecular flexibility index (Phi) is 6.57. The normalized spacial score (nSPS) is 15.4. The molecule has 4 rings (SSSR count). The van der Waals surface area contributed by atoms with Gasteiger partial charge in [-0.15, -0.1) is 0 Å². The fourth-order valence-electron chi connectivity index (χ4n) is 3.19. The zero-order chi connectivity index (χ0) is 23.0. The second-order valence-electron chi connectivity index (χ2n) is 7.09. The van der Waals surface area contributed by atoms with Gasteiger partial charge in [-0.3, -0.25) is 19.8 Å². The number of carbonyl (C=O) groups excluding carboxylic acids is 2. The molecule has 0 atom stereocenters. The van der Waals surface area contributed by atoms with E-state index in [4.69, 9.17) is 28.2 Å². The number of furan rings is 1. The lowest BCUT2D eigenvalue weighted by molar-refractivity contribution is -0.122. The third kappa shape index (κ3) is 4.68. The minimum Gasteiger partial charge on any atom is -0.449 e. The minimum absolute atomic E-state index is 0.0451. The highest BCUT2D eigenvalue weighted by molar-refractivity contribution is 9.10. The number of benzene rings is 2. The van der Waals surface area contributed by atoms with Gasteiger partial charge in [0, 0.05) is 9.92 Å². The summed E-state index contributed by atoms with van der Waals surface area (Å²) < 4.78 is 6.58. The van der Waals surface area contributed by atoms with E-state index in [1.54, 1.807) is 18.2 Å². The quantitative estimate of drug-likeness (QED) is 0.236. The topological polar surface area (TPSA) is 62.6 Å². The van der Waals surface area contributed by atoms with Gasteiger partial charge >= 0.3 is 0 Å². The molecule has 0 bridgehead atoms. The molecule has 2 amide bonds. The van der Waals surface area contributed by atoms with Gasteiger partial charge in [0.1, 0.15) is 11.3 Å². The van der Waals surface area contributed by atoms with Crippen molar-refractivity contribution in [3.05, 3.63) is 80.5 Å². The van der Waals surface area contributed by atoms with Gasteiger partial charge in [0.15, 0.2) is 10.2 Å². The number of hydrogen-bond donors (Lipinski definition) is 1. The van der Waals surface area contributed by atoms with Gasteiger partial charge in [-0.2, -0.15) is 0 Å². The van der Waals surface area contributed by atoms with Gasteiger partial charge in [0.05, 0.1) is 10.2 Å². The molecular formula is C23H16BrClN2O3S2. The Morgan fingerprint density at radius 2 is 1.84 bits per heavy atom. The number of amides is 2. The Morgan fingerprint density at radius 3 is 2.53 bits per heavy atom. The Morgan fingerprint density at radius 1 is 1.12 bits per heavy atom. The second-order valence-corrected chi connectivity index (χ2v) is 9.81. The fraction of sp³-hybridized carbons (Fsp3) is 0.0870. The summed E-state index contributed by atoms with van der Waals surface area (Å²) in [6.45, 7) is 3.86. The van der Waals surface area contributed by atoms with E-state index in [0.29, 0.717) is 26.0 Å². The molecule has 3 aromatic rings. The van der Waals surface area contributed by atoms with Gasteiger partial charge in [-0.25, -0.2) is 0 Å². The molecule has 0 aliphatic carbocycles. The van der Waals surface area contributed by atoms with Crippen molar-refractivity contribution in [3.8, 4) is 0 Å². The lowest BCUT2D eigenvalue weighted by atomic mass is 10.1. The molecule has 1 saturated heterocycles. The van der Waals surface area contributed by atoms with Crippen molar-refractivity contribution >= 4 is 80.2 Å². The molecule has 2 heterocycles. The number of anilines is 1. The van der Waals surface area contributed by atoms with Crippen LogP contribution in [0.15, 0.2) is 73.0 Å². The number of hydrogen-bond acceptors (Lipinski definition) is 5. The number of thiocarbonyl (C=S) groups is 1. The highest BCUT2D eigenvalue weighted by Crippen LogP contribution is 2.37. The second kappa shape index (κ2) is 9.23. The zero-order valence-electron chi connectivity index (χ0n) is 16.9. The van der Waals surface area contributed by atoms with Crippen LogP contribution in [0.2, 0.25) is 5.02 Å². The monoisotopic (exact) mass is 546 g/mol. The summed E-state index contributed by atoms with van der Waals surface area (Å²) in [7, 11) is 0. The van der Waals surface area contributed by atoms with Crippen molar-refractivity contribution in [3.63, 3.8) is 0 Å². The van der Waals surface area contributed by atoms with Crippen LogP contribution in [0.1, 0.15) is 16.9 Å². The maximum atomic E-state index is 13.2.